The van der Waals surface area contributed by atoms with E-state index in [1.54, 1.807) is 0 Å². The summed E-state index contributed by atoms with van der Waals surface area (Å²) in [5.41, 5.74) is 3.84. The number of carbonyl (C=O) groups is 1. The first-order chi connectivity index (χ1) is 13.6. The fourth-order valence-electron chi connectivity index (χ4n) is 3.02. The van der Waals surface area contributed by atoms with Gasteiger partial charge in [0.25, 0.3) is 0 Å². The van der Waals surface area contributed by atoms with E-state index in [2.05, 4.69) is 29.3 Å². The number of hydrogen-bond donors (Lipinski definition) is 0. The van der Waals surface area contributed by atoms with Crippen LogP contribution in [0.25, 0.3) is 17.1 Å². The molecule has 0 bridgehead atoms. The molecule has 0 aliphatic carbocycles. The predicted octanol–water partition coefficient (Wildman–Crippen LogP) is 4.56. The van der Waals surface area contributed by atoms with Crippen LogP contribution in [0.1, 0.15) is 16.1 Å². The molecule has 0 radical (unpaired) electrons. The minimum atomic E-state index is 0.0669. The number of benzene rings is 2. The molecular weight excluding hydrogens is 368 g/mol. The van der Waals surface area contributed by atoms with Crippen molar-refractivity contribution in [1.82, 2.24) is 19.3 Å². The van der Waals surface area contributed by atoms with E-state index in [9.17, 15) is 4.79 Å². The maximum Gasteiger partial charge on any atom is 0.196 e. The molecule has 0 spiro atoms. The van der Waals surface area contributed by atoms with Gasteiger partial charge in [-0.05, 0) is 31.2 Å². The summed E-state index contributed by atoms with van der Waals surface area (Å²) in [5.74, 6) is 1.13. The zero-order chi connectivity index (χ0) is 19.5. The number of Topliss-reactive ketones (excluding diaryl/α,β-unsaturated/α-hetero) is 1. The highest BCUT2D eigenvalue weighted by Gasteiger charge is 2.18. The Kier molecular flexibility index (Phi) is 5.12. The predicted molar refractivity (Wildman–Crippen MR) is 112 cm³/mol. The van der Waals surface area contributed by atoms with Crippen LogP contribution in [0.5, 0.6) is 0 Å². The Morgan fingerprint density at radius 2 is 1.71 bits per heavy atom. The van der Waals surface area contributed by atoms with Crippen LogP contribution in [0.2, 0.25) is 0 Å². The molecule has 4 aromatic rings. The zero-order valence-corrected chi connectivity index (χ0v) is 16.6. The van der Waals surface area contributed by atoms with Gasteiger partial charge in [-0.25, -0.2) is 0 Å². The average Bonchev–Trinajstić information content (AvgIpc) is 3.34. The van der Waals surface area contributed by atoms with Crippen molar-refractivity contribution in [3.05, 3.63) is 84.2 Å². The summed E-state index contributed by atoms with van der Waals surface area (Å²) in [6.45, 7) is 2.06. The van der Waals surface area contributed by atoms with E-state index in [0.717, 1.165) is 17.1 Å². The molecule has 0 aliphatic rings. The molecule has 4 rings (SSSR count). The Bertz CT molecular complexity index is 1100. The lowest BCUT2D eigenvalue weighted by Crippen LogP contribution is -2.08. The van der Waals surface area contributed by atoms with E-state index in [0.29, 0.717) is 16.6 Å². The van der Waals surface area contributed by atoms with Crippen LogP contribution in [0.3, 0.4) is 0 Å². The number of nitrogens with zero attached hydrogens (tertiary/aromatic N) is 4. The molecule has 2 aromatic heterocycles. The molecule has 5 nitrogen and oxygen atoms in total. The standard InChI is InChI=1S/C22H20N4OS/c1-16-10-12-18(13-11-16)26-21(17-7-4-3-5-8-17)23-24-22(26)28-15-20(27)19-9-6-14-25(19)2/h3-14H,15H2,1-2H3. The van der Waals surface area contributed by atoms with E-state index in [1.165, 1.54) is 17.3 Å². The summed E-state index contributed by atoms with van der Waals surface area (Å²) in [5, 5.41) is 9.50. The highest BCUT2D eigenvalue weighted by molar-refractivity contribution is 7.99. The molecule has 0 N–H and O–H groups in total. The Labute approximate surface area is 168 Å². The Balaban J connectivity index is 1.69. The van der Waals surface area contributed by atoms with Crippen molar-refractivity contribution in [2.24, 2.45) is 7.05 Å². The topological polar surface area (TPSA) is 52.7 Å². The second kappa shape index (κ2) is 7.86. The molecule has 0 amide bonds. The van der Waals surface area contributed by atoms with Crippen molar-refractivity contribution < 1.29 is 4.79 Å². The van der Waals surface area contributed by atoms with Crippen LogP contribution in [0.15, 0.2) is 78.1 Å². The van der Waals surface area contributed by atoms with Crippen LogP contribution < -0.4 is 0 Å². The Hall–Kier alpha value is -3.12. The van der Waals surface area contributed by atoms with E-state index in [1.807, 2.05) is 77.0 Å². The number of rotatable bonds is 6. The molecule has 0 atom stereocenters. The fraction of sp³-hybridized carbons (Fsp3) is 0.136. The summed E-state index contributed by atoms with van der Waals surface area (Å²) in [6, 6.07) is 21.9. The minimum Gasteiger partial charge on any atom is -0.348 e. The van der Waals surface area contributed by atoms with Crippen LogP contribution in [0.4, 0.5) is 0 Å². The van der Waals surface area contributed by atoms with Gasteiger partial charge in [0, 0.05) is 24.5 Å². The summed E-state index contributed by atoms with van der Waals surface area (Å²) < 4.78 is 3.85. The SMILES string of the molecule is Cc1ccc(-n2c(SCC(=O)c3cccn3C)nnc2-c2ccccc2)cc1. The lowest BCUT2D eigenvalue weighted by molar-refractivity contribution is 0.101. The van der Waals surface area contributed by atoms with Crippen molar-refractivity contribution >= 4 is 17.5 Å². The lowest BCUT2D eigenvalue weighted by atomic mass is 10.2. The van der Waals surface area contributed by atoms with Gasteiger partial charge in [-0.1, -0.05) is 59.8 Å². The largest absolute Gasteiger partial charge is 0.348 e. The van der Waals surface area contributed by atoms with Gasteiger partial charge in [-0.15, -0.1) is 10.2 Å². The zero-order valence-electron chi connectivity index (χ0n) is 15.7. The second-order valence-corrected chi connectivity index (χ2v) is 7.50. The summed E-state index contributed by atoms with van der Waals surface area (Å²) in [4.78, 5) is 12.6. The van der Waals surface area contributed by atoms with Crippen LogP contribution >= 0.6 is 11.8 Å². The quantitative estimate of drug-likeness (QED) is 0.359. The molecule has 28 heavy (non-hydrogen) atoms. The molecule has 0 saturated heterocycles. The minimum absolute atomic E-state index is 0.0669. The van der Waals surface area contributed by atoms with Crippen LogP contribution in [0, 0.1) is 6.92 Å². The summed E-state index contributed by atoms with van der Waals surface area (Å²) in [6.07, 6.45) is 1.88. The van der Waals surface area contributed by atoms with Gasteiger partial charge in [-0.3, -0.25) is 9.36 Å². The second-order valence-electron chi connectivity index (χ2n) is 6.56. The monoisotopic (exact) mass is 388 g/mol. The number of thioether (sulfide) groups is 1. The van der Waals surface area contributed by atoms with Crippen LogP contribution in [-0.2, 0) is 7.05 Å². The molecule has 2 aromatic carbocycles. The third-order valence-corrected chi connectivity index (χ3v) is 5.45. The molecule has 140 valence electrons. The molecule has 6 heteroatoms. The van der Waals surface area contributed by atoms with Crippen molar-refractivity contribution in [1.29, 1.82) is 0 Å². The van der Waals surface area contributed by atoms with E-state index < -0.39 is 0 Å². The highest BCUT2D eigenvalue weighted by atomic mass is 32.2. The van der Waals surface area contributed by atoms with E-state index in [-0.39, 0.29) is 5.78 Å². The van der Waals surface area contributed by atoms with Gasteiger partial charge in [0.2, 0.25) is 0 Å². The first-order valence-corrected chi connectivity index (χ1v) is 9.97. The fourth-order valence-corrected chi connectivity index (χ4v) is 3.85. The van der Waals surface area contributed by atoms with Gasteiger partial charge in [0.15, 0.2) is 16.8 Å². The van der Waals surface area contributed by atoms with Gasteiger partial charge in [-0.2, -0.15) is 0 Å². The first-order valence-electron chi connectivity index (χ1n) is 8.98. The van der Waals surface area contributed by atoms with Crippen molar-refractivity contribution in [3.63, 3.8) is 0 Å². The van der Waals surface area contributed by atoms with Crippen molar-refractivity contribution in [2.75, 3.05) is 5.75 Å². The third kappa shape index (κ3) is 3.64. The molecule has 0 aliphatic heterocycles. The molecule has 0 unspecified atom stereocenters. The molecule has 0 fully saturated rings. The van der Waals surface area contributed by atoms with Gasteiger partial charge in [0.05, 0.1) is 11.4 Å². The number of hydrogen-bond acceptors (Lipinski definition) is 4. The Morgan fingerprint density at radius 1 is 0.964 bits per heavy atom. The number of aromatic nitrogens is 4. The maximum atomic E-state index is 12.6. The molecule has 0 saturated carbocycles. The number of ketones is 1. The third-order valence-electron chi connectivity index (χ3n) is 4.52. The van der Waals surface area contributed by atoms with E-state index in [4.69, 9.17) is 0 Å². The van der Waals surface area contributed by atoms with Gasteiger partial charge >= 0.3 is 0 Å². The normalized spacial score (nSPS) is 10.9. The summed E-state index contributed by atoms with van der Waals surface area (Å²) in [7, 11) is 1.88. The smallest absolute Gasteiger partial charge is 0.196 e. The van der Waals surface area contributed by atoms with E-state index >= 15 is 0 Å². The number of carbonyl (C=O) groups excluding carboxylic acids is 1. The first kappa shape index (κ1) is 18.3. The van der Waals surface area contributed by atoms with Gasteiger partial charge < -0.3 is 4.57 Å². The summed E-state index contributed by atoms with van der Waals surface area (Å²) >= 11 is 1.40. The lowest BCUT2D eigenvalue weighted by Gasteiger charge is -2.11. The molecular formula is C22H20N4OS. The molecule has 2 heterocycles. The Morgan fingerprint density at radius 3 is 2.39 bits per heavy atom. The number of aryl methyl sites for hydroxylation is 2. The van der Waals surface area contributed by atoms with Crippen LogP contribution in [-0.4, -0.2) is 30.9 Å². The maximum absolute atomic E-state index is 12.6. The van der Waals surface area contributed by atoms with Gasteiger partial charge in [0.1, 0.15) is 0 Å². The van der Waals surface area contributed by atoms with Crippen molar-refractivity contribution in [2.45, 2.75) is 12.1 Å². The highest BCUT2D eigenvalue weighted by Crippen LogP contribution is 2.28. The average molecular weight is 388 g/mol. The van der Waals surface area contributed by atoms with Crippen molar-refractivity contribution in [3.8, 4) is 17.1 Å².